The summed E-state index contributed by atoms with van der Waals surface area (Å²) in [6, 6.07) is 23.5. The maximum Gasteiger partial charge on any atom is 0.271 e. The summed E-state index contributed by atoms with van der Waals surface area (Å²) in [4.78, 5) is 12.1. The Bertz CT molecular complexity index is 860. The molecule has 0 unspecified atom stereocenters. The molecule has 0 saturated carbocycles. The van der Waals surface area contributed by atoms with Gasteiger partial charge >= 0.3 is 0 Å². The van der Waals surface area contributed by atoms with Gasteiger partial charge in [0.05, 0.1) is 6.21 Å². The van der Waals surface area contributed by atoms with E-state index in [4.69, 9.17) is 16.3 Å². The van der Waals surface area contributed by atoms with Crippen LogP contribution in [0.4, 0.5) is 0 Å². The maximum atomic E-state index is 12.1. The van der Waals surface area contributed by atoms with E-state index in [0.717, 1.165) is 11.3 Å². The lowest BCUT2D eigenvalue weighted by atomic mass is 10.2. The van der Waals surface area contributed by atoms with Crippen LogP contribution in [0.25, 0.3) is 0 Å². The zero-order valence-electron chi connectivity index (χ0n) is 13.2. The summed E-state index contributed by atoms with van der Waals surface area (Å²) in [6.45, 7) is 0. The van der Waals surface area contributed by atoms with Gasteiger partial charge in [-0.1, -0.05) is 41.9 Å². The summed E-state index contributed by atoms with van der Waals surface area (Å²) in [7, 11) is 0. The average Bonchev–Trinajstić information content (AvgIpc) is 2.65. The SMILES string of the molecule is O=C(N/N=C/c1ccc(Cl)cc1)c1ccc(Oc2ccccc2)cc1. The van der Waals surface area contributed by atoms with E-state index in [0.29, 0.717) is 16.3 Å². The Balaban J connectivity index is 1.58. The molecule has 0 aliphatic heterocycles. The van der Waals surface area contributed by atoms with Gasteiger partial charge in [0.25, 0.3) is 5.91 Å². The molecule has 0 atom stereocenters. The highest BCUT2D eigenvalue weighted by molar-refractivity contribution is 6.30. The number of nitrogens with zero attached hydrogens (tertiary/aromatic N) is 1. The Hall–Kier alpha value is -3.11. The van der Waals surface area contributed by atoms with Crippen LogP contribution < -0.4 is 10.2 Å². The number of hydrogen-bond donors (Lipinski definition) is 1. The summed E-state index contributed by atoms with van der Waals surface area (Å²) in [5.74, 6) is 1.11. The highest BCUT2D eigenvalue weighted by Crippen LogP contribution is 2.21. The van der Waals surface area contributed by atoms with Crippen LogP contribution in [0.2, 0.25) is 5.02 Å². The molecule has 0 bridgehead atoms. The van der Waals surface area contributed by atoms with E-state index in [9.17, 15) is 4.79 Å². The number of halogens is 1. The van der Waals surface area contributed by atoms with Crippen molar-refractivity contribution in [3.8, 4) is 11.5 Å². The molecule has 5 heteroatoms. The van der Waals surface area contributed by atoms with E-state index in [1.807, 2.05) is 42.5 Å². The minimum atomic E-state index is -0.295. The Labute approximate surface area is 150 Å². The van der Waals surface area contributed by atoms with E-state index in [2.05, 4.69) is 10.5 Å². The van der Waals surface area contributed by atoms with Crippen LogP contribution in [0.15, 0.2) is 84.0 Å². The standard InChI is InChI=1S/C20H15ClN2O2/c21-17-10-6-15(7-11-17)14-22-23-20(24)16-8-12-19(13-9-16)25-18-4-2-1-3-5-18/h1-14H,(H,23,24)/b22-14+. The first kappa shape index (κ1) is 16.7. The zero-order valence-corrected chi connectivity index (χ0v) is 14.0. The Kier molecular flexibility index (Phi) is 5.44. The number of nitrogens with one attached hydrogen (secondary N) is 1. The van der Waals surface area contributed by atoms with Gasteiger partial charge < -0.3 is 4.74 Å². The number of hydrogen-bond acceptors (Lipinski definition) is 3. The number of hydrazone groups is 1. The average molecular weight is 351 g/mol. The third-order valence-corrected chi connectivity index (χ3v) is 3.60. The molecule has 0 spiro atoms. The van der Waals surface area contributed by atoms with E-state index in [-0.39, 0.29) is 5.91 Å². The van der Waals surface area contributed by atoms with Crippen molar-refractivity contribution in [3.63, 3.8) is 0 Å². The molecule has 3 aromatic carbocycles. The molecular formula is C20H15ClN2O2. The van der Waals surface area contributed by atoms with Gasteiger partial charge in [-0.3, -0.25) is 4.79 Å². The van der Waals surface area contributed by atoms with Crippen LogP contribution in [0.1, 0.15) is 15.9 Å². The lowest BCUT2D eigenvalue weighted by molar-refractivity contribution is 0.0955. The van der Waals surface area contributed by atoms with Crippen molar-refractivity contribution in [2.45, 2.75) is 0 Å². The Morgan fingerprint density at radius 2 is 1.52 bits per heavy atom. The lowest BCUT2D eigenvalue weighted by Gasteiger charge is -2.06. The summed E-state index contributed by atoms with van der Waals surface area (Å²) < 4.78 is 5.69. The molecule has 0 radical (unpaired) electrons. The monoisotopic (exact) mass is 350 g/mol. The van der Waals surface area contributed by atoms with Crippen LogP contribution in [-0.4, -0.2) is 12.1 Å². The Morgan fingerprint density at radius 1 is 0.880 bits per heavy atom. The third kappa shape index (κ3) is 4.93. The minimum Gasteiger partial charge on any atom is -0.457 e. The predicted molar refractivity (Wildman–Crippen MR) is 99.5 cm³/mol. The van der Waals surface area contributed by atoms with Crippen molar-refractivity contribution in [1.29, 1.82) is 0 Å². The van der Waals surface area contributed by atoms with E-state index >= 15 is 0 Å². The van der Waals surface area contributed by atoms with Gasteiger partial charge in [0.2, 0.25) is 0 Å². The predicted octanol–water partition coefficient (Wildman–Crippen LogP) is 4.90. The molecule has 124 valence electrons. The van der Waals surface area contributed by atoms with Crippen LogP contribution in [-0.2, 0) is 0 Å². The first-order valence-electron chi connectivity index (χ1n) is 7.63. The summed E-state index contributed by atoms with van der Waals surface area (Å²) in [5.41, 5.74) is 3.83. The second-order valence-corrected chi connectivity index (χ2v) is 5.63. The third-order valence-electron chi connectivity index (χ3n) is 3.35. The van der Waals surface area contributed by atoms with Gasteiger partial charge in [-0.25, -0.2) is 5.43 Å². The number of rotatable bonds is 5. The molecule has 0 heterocycles. The first-order valence-corrected chi connectivity index (χ1v) is 8.00. The molecule has 25 heavy (non-hydrogen) atoms. The van der Waals surface area contributed by atoms with Crippen molar-refractivity contribution < 1.29 is 9.53 Å². The summed E-state index contributed by atoms with van der Waals surface area (Å²) in [5, 5.41) is 4.59. The van der Waals surface area contributed by atoms with Crippen molar-refractivity contribution in [3.05, 3.63) is 95.0 Å². The molecule has 4 nitrogen and oxygen atoms in total. The number of amides is 1. The molecule has 0 saturated heterocycles. The van der Waals surface area contributed by atoms with Gasteiger partial charge in [-0.2, -0.15) is 5.10 Å². The number of benzene rings is 3. The molecule has 1 amide bonds. The van der Waals surface area contributed by atoms with Crippen molar-refractivity contribution in [1.82, 2.24) is 5.43 Å². The summed E-state index contributed by atoms with van der Waals surface area (Å²) in [6.07, 6.45) is 1.56. The van der Waals surface area contributed by atoms with Crippen molar-refractivity contribution >= 4 is 23.7 Å². The molecule has 0 fully saturated rings. The van der Waals surface area contributed by atoms with Crippen LogP contribution in [0, 0.1) is 0 Å². The van der Waals surface area contributed by atoms with Crippen LogP contribution >= 0.6 is 11.6 Å². The fraction of sp³-hybridized carbons (Fsp3) is 0. The zero-order chi connectivity index (χ0) is 17.5. The minimum absolute atomic E-state index is 0.295. The highest BCUT2D eigenvalue weighted by atomic mass is 35.5. The van der Waals surface area contributed by atoms with Gasteiger partial charge in [0, 0.05) is 10.6 Å². The lowest BCUT2D eigenvalue weighted by Crippen LogP contribution is -2.17. The summed E-state index contributed by atoms with van der Waals surface area (Å²) >= 11 is 5.82. The van der Waals surface area contributed by atoms with Gasteiger partial charge in [0.1, 0.15) is 11.5 Å². The van der Waals surface area contributed by atoms with E-state index in [1.54, 1.807) is 42.6 Å². The largest absolute Gasteiger partial charge is 0.457 e. The fourth-order valence-electron chi connectivity index (χ4n) is 2.08. The first-order chi connectivity index (χ1) is 12.2. The molecule has 1 N–H and O–H groups in total. The molecule has 0 aliphatic carbocycles. The fourth-order valence-corrected chi connectivity index (χ4v) is 2.20. The van der Waals surface area contributed by atoms with Gasteiger partial charge in [-0.05, 0) is 54.1 Å². The molecule has 0 aliphatic rings. The number of carbonyl (C=O) groups excluding carboxylic acids is 1. The number of ether oxygens (including phenoxy) is 1. The Morgan fingerprint density at radius 3 is 2.20 bits per heavy atom. The highest BCUT2D eigenvalue weighted by Gasteiger charge is 2.04. The maximum absolute atomic E-state index is 12.1. The topological polar surface area (TPSA) is 50.7 Å². The number of para-hydroxylation sites is 1. The van der Waals surface area contributed by atoms with Gasteiger partial charge in [-0.15, -0.1) is 0 Å². The van der Waals surface area contributed by atoms with Crippen LogP contribution in [0.3, 0.4) is 0 Å². The second-order valence-electron chi connectivity index (χ2n) is 5.19. The van der Waals surface area contributed by atoms with E-state index in [1.165, 1.54) is 0 Å². The van der Waals surface area contributed by atoms with E-state index < -0.39 is 0 Å². The van der Waals surface area contributed by atoms with Crippen molar-refractivity contribution in [2.24, 2.45) is 5.10 Å². The molecule has 3 aromatic rings. The molecule has 3 rings (SSSR count). The van der Waals surface area contributed by atoms with Crippen LogP contribution in [0.5, 0.6) is 11.5 Å². The molecular weight excluding hydrogens is 336 g/mol. The molecule has 0 aromatic heterocycles. The normalized spacial score (nSPS) is 10.6. The quantitative estimate of drug-likeness (QED) is 0.525. The van der Waals surface area contributed by atoms with Crippen molar-refractivity contribution in [2.75, 3.05) is 0 Å². The smallest absolute Gasteiger partial charge is 0.271 e. The second kappa shape index (κ2) is 8.13. The number of carbonyl (C=O) groups is 1. The van der Waals surface area contributed by atoms with Gasteiger partial charge in [0.15, 0.2) is 0 Å².